The number of hydrogen-bond donors (Lipinski definition) is 0. The quantitative estimate of drug-likeness (QED) is 0.789. The molecule has 0 spiro atoms. The Morgan fingerprint density at radius 1 is 1.20 bits per heavy atom. The van der Waals surface area contributed by atoms with Crippen molar-refractivity contribution in [3.05, 3.63) is 35.9 Å². The zero-order valence-electron chi connectivity index (χ0n) is 15.5. The van der Waals surface area contributed by atoms with Gasteiger partial charge in [-0.25, -0.2) is 4.79 Å². The van der Waals surface area contributed by atoms with Gasteiger partial charge in [-0.3, -0.25) is 0 Å². The minimum atomic E-state index is -0.333. The van der Waals surface area contributed by atoms with E-state index in [0.717, 1.165) is 18.5 Å². The maximum Gasteiger partial charge on any atom is 0.466 e. The van der Waals surface area contributed by atoms with E-state index in [2.05, 4.69) is 27.7 Å². The lowest BCUT2D eigenvalue weighted by Crippen LogP contribution is -2.41. The van der Waals surface area contributed by atoms with Crippen LogP contribution in [0.5, 0.6) is 0 Å². The highest BCUT2D eigenvalue weighted by Gasteiger charge is 2.73. The SMILES string of the molecule is CC1(C)OB([C@]23C[C@H]2CN(C(=O)OCc2ccccc2)C3)OC1(C)C. The van der Waals surface area contributed by atoms with E-state index in [9.17, 15) is 4.79 Å². The first kappa shape index (κ1) is 16.9. The van der Waals surface area contributed by atoms with Gasteiger partial charge in [-0.2, -0.15) is 0 Å². The lowest BCUT2D eigenvalue weighted by Gasteiger charge is -2.32. The maximum absolute atomic E-state index is 12.4. The summed E-state index contributed by atoms with van der Waals surface area (Å²) in [6.07, 6.45) is 0.818. The zero-order chi connectivity index (χ0) is 17.9. The van der Waals surface area contributed by atoms with Crippen LogP contribution in [-0.4, -0.2) is 42.4 Å². The van der Waals surface area contributed by atoms with Gasteiger partial charge in [-0.05, 0) is 45.6 Å². The molecule has 0 unspecified atom stereocenters. The first-order chi connectivity index (χ1) is 11.7. The number of benzene rings is 1. The van der Waals surface area contributed by atoms with Gasteiger partial charge < -0.3 is 18.9 Å². The Balaban J connectivity index is 1.37. The van der Waals surface area contributed by atoms with Gasteiger partial charge in [-0.15, -0.1) is 0 Å². The number of hydrogen-bond acceptors (Lipinski definition) is 4. The van der Waals surface area contributed by atoms with Gasteiger partial charge in [0, 0.05) is 18.4 Å². The molecule has 1 aromatic rings. The molecule has 5 nitrogen and oxygen atoms in total. The van der Waals surface area contributed by atoms with Crippen molar-refractivity contribution in [2.75, 3.05) is 13.1 Å². The molecular formula is C19H26BNO4. The third-order valence-electron chi connectivity index (χ3n) is 6.39. The van der Waals surface area contributed by atoms with Crippen LogP contribution in [0.15, 0.2) is 30.3 Å². The number of amides is 1. The van der Waals surface area contributed by atoms with Crippen LogP contribution in [0.3, 0.4) is 0 Å². The molecule has 2 atom stereocenters. The molecule has 2 aliphatic heterocycles. The van der Waals surface area contributed by atoms with Crippen LogP contribution in [0.4, 0.5) is 4.79 Å². The third kappa shape index (κ3) is 2.76. The molecule has 1 aromatic carbocycles. The number of rotatable bonds is 3. The van der Waals surface area contributed by atoms with Gasteiger partial charge in [0.05, 0.1) is 11.2 Å². The number of piperidine rings is 1. The Kier molecular flexibility index (Phi) is 3.71. The fourth-order valence-corrected chi connectivity index (χ4v) is 3.92. The summed E-state index contributed by atoms with van der Waals surface area (Å²) in [5.41, 5.74) is 0.336. The van der Waals surface area contributed by atoms with E-state index in [1.165, 1.54) is 0 Å². The number of ether oxygens (including phenoxy) is 1. The minimum absolute atomic E-state index is 0.0587. The van der Waals surface area contributed by atoms with Crippen LogP contribution in [0.2, 0.25) is 5.31 Å². The summed E-state index contributed by atoms with van der Waals surface area (Å²) < 4.78 is 18.0. The average molecular weight is 343 g/mol. The summed E-state index contributed by atoms with van der Waals surface area (Å²) in [6, 6.07) is 9.76. The van der Waals surface area contributed by atoms with Crippen molar-refractivity contribution < 1.29 is 18.8 Å². The molecule has 3 fully saturated rings. The molecule has 134 valence electrons. The van der Waals surface area contributed by atoms with E-state index in [0.29, 0.717) is 19.1 Å². The van der Waals surface area contributed by atoms with Crippen molar-refractivity contribution in [3.8, 4) is 0 Å². The van der Waals surface area contributed by atoms with Crippen LogP contribution < -0.4 is 0 Å². The number of fused-ring (bicyclic) bond motifs is 1. The lowest BCUT2D eigenvalue weighted by atomic mass is 9.67. The smallest absolute Gasteiger partial charge is 0.445 e. The first-order valence-electron chi connectivity index (χ1n) is 9.05. The monoisotopic (exact) mass is 343 g/mol. The molecule has 4 rings (SSSR count). The molecule has 2 heterocycles. The van der Waals surface area contributed by atoms with E-state index < -0.39 is 0 Å². The van der Waals surface area contributed by atoms with Gasteiger partial charge >= 0.3 is 13.2 Å². The molecule has 0 radical (unpaired) electrons. The second-order valence-electron chi connectivity index (χ2n) is 8.64. The molecule has 0 bridgehead atoms. The predicted octanol–water partition coefficient (Wildman–Crippen LogP) is 3.49. The highest BCUT2D eigenvalue weighted by Crippen LogP contribution is 2.68. The van der Waals surface area contributed by atoms with E-state index >= 15 is 0 Å². The summed E-state index contributed by atoms with van der Waals surface area (Å²) in [4.78, 5) is 14.2. The van der Waals surface area contributed by atoms with Gasteiger partial charge in [0.25, 0.3) is 0 Å². The molecular weight excluding hydrogens is 317 g/mol. The Morgan fingerprint density at radius 3 is 2.48 bits per heavy atom. The summed E-state index contributed by atoms with van der Waals surface area (Å²) in [7, 11) is -0.241. The van der Waals surface area contributed by atoms with E-state index in [-0.39, 0.29) is 29.7 Å². The number of carbonyl (C=O) groups excluding carboxylic acids is 1. The van der Waals surface area contributed by atoms with E-state index in [1.54, 1.807) is 0 Å². The van der Waals surface area contributed by atoms with Crippen LogP contribution in [0.1, 0.15) is 39.7 Å². The standard InChI is InChI=1S/C19H26BNO4/c1-17(2)18(3,4)25-20(24-17)19-10-15(19)11-21(13-19)16(22)23-12-14-8-6-5-7-9-14/h5-9,15H,10-13H2,1-4H3/t15-,19-/m0/s1. The summed E-state index contributed by atoms with van der Waals surface area (Å²) in [5.74, 6) is 0.450. The summed E-state index contributed by atoms with van der Waals surface area (Å²) >= 11 is 0. The molecule has 1 amide bonds. The second-order valence-corrected chi connectivity index (χ2v) is 8.64. The topological polar surface area (TPSA) is 48.0 Å². The van der Waals surface area contributed by atoms with Crippen LogP contribution >= 0.6 is 0 Å². The van der Waals surface area contributed by atoms with Crippen molar-refractivity contribution in [1.29, 1.82) is 0 Å². The molecule has 6 heteroatoms. The fourth-order valence-electron chi connectivity index (χ4n) is 3.92. The van der Waals surface area contributed by atoms with Crippen molar-refractivity contribution in [2.24, 2.45) is 5.92 Å². The molecule has 2 saturated heterocycles. The van der Waals surface area contributed by atoms with Crippen molar-refractivity contribution >= 4 is 13.2 Å². The van der Waals surface area contributed by atoms with Crippen molar-refractivity contribution in [2.45, 2.75) is 57.2 Å². The predicted molar refractivity (Wildman–Crippen MR) is 95.1 cm³/mol. The van der Waals surface area contributed by atoms with Gasteiger partial charge in [0.15, 0.2) is 0 Å². The van der Waals surface area contributed by atoms with Crippen LogP contribution in [-0.2, 0) is 20.7 Å². The minimum Gasteiger partial charge on any atom is -0.445 e. The van der Waals surface area contributed by atoms with Gasteiger partial charge in [-0.1, -0.05) is 30.3 Å². The number of nitrogens with zero attached hydrogens (tertiary/aromatic N) is 1. The summed E-state index contributed by atoms with van der Waals surface area (Å²) in [5, 5.41) is -0.0587. The Morgan fingerprint density at radius 2 is 1.84 bits per heavy atom. The normalized spacial score (nSPS) is 31.8. The van der Waals surface area contributed by atoms with Crippen LogP contribution in [0, 0.1) is 5.92 Å². The Labute approximate surface area is 149 Å². The Hall–Kier alpha value is -1.53. The average Bonchev–Trinajstić information content (AvgIpc) is 3.04. The summed E-state index contributed by atoms with van der Waals surface area (Å²) in [6.45, 7) is 9.98. The largest absolute Gasteiger partial charge is 0.466 e. The van der Waals surface area contributed by atoms with Gasteiger partial charge in [0.1, 0.15) is 6.61 Å². The first-order valence-corrected chi connectivity index (χ1v) is 9.05. The second kappa shape index (κ2) is 5.48. The molecule has 1 saturated carbocycles. The van der Waals surface area contributed by atoms with Gasteiger partial charge in [0.2, 0.25) is 0 Å². The zero-order valence-corrected chi connectivity index (χ0v) is 15.5. The molecule has 0 aromatic heterocycles. The maximum atomic E-state index is 12.4. The van der Waals surface area contributed by atoms with Crippen molar-refractivity contribution in [3.63, 3.8) is 0 Å². The highest BCUT2D eigenvalue weighted by atomic mass is 16.7. The highest BCUT2D eigenvalue weighted by molar-refractivity contribution is 6.51. The van der Waals surface area contributed by atoms with Crippen LogP contribution in [0.25, 0.3) is 0 Å². The number of likely N-dealkylation sites (tertiary alicyclic amines) is 1. The fraction of sp³-hybridized carbons (Fsp3) is 0.632. The molecule has 0 N–H and O–H groups in total. The third-order valence-corrected chi connectivity index (χ3v) is 6.39. The van der Waals surface area contributed by atoms with Crippen molar-refractivity contribution in [1.82, 2.24) is 4.90 Å². The van der Waals surface area contributed by atoms with E-state index in [1.807, 2.05) is 35.2 Å². The Bertz CT molecular complexity index is 661. The van der Waals surface area contributed by atoms with E-state index in [4.69, 9.17) is 14.0 Å². The molecule has 3 aliphatic rings. The number of carbonyl (C=O) groups is 1. The molecule has 1 aliphatic carbocycles. The lowest BCUT2D eigenvalue weighted by molar-refractivity contribution is 0.00578. The molecule has 25 heavy (non-hydrogen) atoms.